The lowest BCUT2D eigenvalue weighted by Gasteiger charge is -2.20. The van der Waals surface area contributed by atoms with Crippen molar-refractivity contribution >= 4 is 5.97 Å². The Morgan fingerprint density at radius 2 is 2.04 bits per heavy atom. The maximum atomic E-state index is 13.9. The normalized spacial score (nSPS) is 27.2. The highest BCUT2D eigenvalue weighted by Crippen LogP contribution is 2.29. The minimum atomic E-state index is -1.57. The van der Waals surface area contributed by atoms with Crippen LogP contribution in [0.5, 0.6) is 0 Å². The highest BCUT2D eigenvalue weighted by molar-refractivity contribution is 5.65. The zero-order valence-corrected chi connectivity index (χ0v) is 12.5. The van der Waals surface area contributed by atoms with Crippen LogP contribution in [0.3, 0.4) is 0 Å². The van der Waals surface area contributed by atoms with Gasteiger partial charge in [0.25, 0.3) is 5.56 Å². The second kappa shape index (κ2) is 6.60. The van der Waals surface area contributed by atoms with E-state index in [2.05, 4.69) is 0 Å². The van der Waals surface area contributed by atoms with Gasteiger partial charge in [0, 0.05) is 6.92 Å². The molecule has 1 aromatic rings. The van der Waals surface area contributed by atoms with Crippen LogP contribution >= 0.6 is 0 Å². The topological polar surface area (TPSA) is 131 Å². The Labute approximate surface area is 129 Å². The van der Waals surface area contributed by atoms with Gasteiger partial charge in [0.05, 0.1) is 5.69 Å². The molecule has 0 aromatic carbocycles. The Hall–Kier alpha value is -2.04. The Kier molecular flexibility index (Phi) is 4.97. The van der Waals surface area contributed by atoms with Crippen LogP contribution in [-0.2, 0) is 20.7 Å². The number of nitrogens with one attached hydrogen (secondary N) is 1. The molecule has 1 aliphatic heterocycles. The lowest BCUT2D eigenvalue weighted by molar-refractivity contribution is -0.147. The first kappa shape index (κ1) is 17.3. The Morgan fingerprint density at radius 3 is 2.61 bits per heavy atom. The third kappa shape index (κ3) is 3.19. The van der Waals surface area contributed by atoms with Gasteiger partial charge in [-0.3, -0.25) is 19.1 Å². The van der Waals surface area contributed by atoms with Gasteiger partial charge < -0.3 is 19.7 Å². The second-order valence-corrected chi connectivity index (χ2v) is 5.09. The highest BCUT2D eigenvalue weighted by atomic mass is 19.1. The van der Waals surface area contributed by atoms with Crippen LogP contribution in [0.1, 0.15) is 25.8 Å². The van der Waals surface area contributed by atoms with Crippen LogP contribution in [0.4, 0.5) is 4.39 Å². The zero-order chi connectivity index (χ0) is 17.3. The number of hydrogen-bond acceptors (Lipinski definition) is 7. The summed E-state index contributed by atoms with van der Waals surface area (Å²) < 4.78 is 24.7. The highest BCUT2D eigenvalue weighted by Gasteiger charge is 2.45. The fourth-order valence-corrected chi connectivity index (χ4v) is 2.45. The Bertz CT molecular complexity index is 713. The summed E-state index contributed by atoms with van der Waals surface area (Å²) in [5.74, 6) is -1.78. The van der Waals surface area contributed by atoms with Gasteiger partial charge in [-0.25, -0.2) is 4.79 Å². The summed E-state index contributed by atoms with van der Waals surface area (Å²) in [7, 11) is 0. The number of rotatable bonds is 4. The first-order valence-electron chi connectivity index (χ1n) is 6.96. The number of carbonyl (C=O) groups excluding carboxylic acids is 1. The number of carbonyl (C=O) groups is 1. The first-order valence-corrected chi connectivity index (χ1v) is 6.96. The third-order valence-corrected chi connectivity index (χ3v) is 3.56. The van der Waals surface area contributed by atoms with Crippen LogP contribution in [0.25, 0.3) is 0 Å². The molecule has 0 saturated carbocycles. The molecule has 0 radical (unpaired) electrons. The molecular formula is C13H17FN2O7. The molecule has 0 unspecified atom stereocenters. The summed E-state index contributed by atoms with van der Waals surface area (Å²) in [6, 6.07) is 0. The predicted octanol–water partition coefficient (Wildman–Crippen LogP) is -1.58. The maximum absolute atomic E-state index is 13.9. The summed E-state index contributed by atoms with van der Waals surface area (Å²) in [6.07, 6.45) is -5.54. The number of esters is 1. The van der Waals surface area contributed by atoms with Gasteiger partial charge in [-0.1, -0.05) is 6.92 Å². The molecule has 2 rings (SSSR count). The van der Waals surface area contributed by atoms with Crippen molar-refractivity contribution in [3.8, 4) is 0 Å². The predicted molar refractivity (Wildman–Crippen MR) is 73.2 cm³/mol. The molecule has 4 atom stereocenters. The monoisotopic (exact) mass is 332 g/mol. The van der Waals surface area contributed by atoms with Crippen LogP contribution in [-0.4, -0.2) is 50.7 Å². The van der Waals surface area contributed by atoms with Gasteiger partial charge >= 0.3 is 11.7 Å². The average molecular weight is 332 g/mol. The number of nitrogens with zero attached hydrogens (tertiary/aromatic N) is 1. The van der Waals surface area contributed by atoms with E-state index in [0.717, 1.165) is 11.5 Å². The molecule has 1 saturated heterocycles. The van der Waals surface area contributed by atoms with E-state index in [-0.39, 0.29) is 18.7 Å². The average Bonchev–Trinajstić information content (AvgIpc) is 2.76. The van der Waals surface area contributed by atoms with E-state index in [1.54, 1.807) is 4.98 Å². The molecule has 128 valence electrons. The molecule has 9 nitrogen and oxygen atoms in total. The van der Waals surface area contributed by atoms with E-state index in [1.165, 1.54) is 6.92 Å². The molecule has 3 N–H and O–H groups in total. The number of ether oxygens (including phenoxy) is 2. The van der Waals surface area contributed by atoms with Crippen molar-refractivity contribution in [2.24, 2.45) is 0 Å². The summed E-state index contributed by atoms with van der Waals surface area (Å²) >= 11 is 0. The van der Waals surface area contributed by atoms with Gasteiger partial charge in [0.1, 0.15) is 24.9 Å². The van der Waals surface area contributed by atoms with Crippen molar-refractivity contribution in [3.63, 3.8) is 0 Å². The van der Waals surface area contributed by atoms with E-state index in [0.29, 0.717) is 0 Å². The molecule has 0 amide bonds. The SMILES string of the molecule is CCc1c(F)c(=O)[nH]c(=O)n1[C@@H]1O[C@H](COC(C)=O)[C@@H](O)[C@H]1O. The van der Waals surface area contributed by atoms with Crippen LogP contribution in [0.2, 0.25) is 0 Å². The lowest BCUT2D eigenvalue weighted by Crippen LogP contribution is -2.41. The first-order chi connectivity index (χ1) is 10.8. The summed E-state index contributed by atoms with van der Waals surface area (Å²) in [5.41, 5.74) is -2.41. The molecule has 2 heterocycles. The van der Waals surface area contributed by atoms with E-state index >= 15 is 0 Å². The molecule has 23 heavy (non-hydrogen) atoms. The number of hydrogen-bond donors (Lipinski definition) is 3. The number of halogens is 1. The zero-order valence-electron chi connectivity index (χ0n) is 12.5. The smallest absolute Gasteiger partial charge is 0.330 e. The molecule has 1 aliphatic rings. The van der Waals surface area contributed by atoms with Crippen molar-refractivity contribution in [1.82, 2.24) is 9.55 Å². The number of aliphatic hydroxyl groups is 2. The number of aliphatic hydroxyl groups excluding tert-OH is 2. The molecular weight excluding hydrogens is 315 g/mol. The van der Waals surface area contributed by atoms with Gasteiger partial charge in [0.15, 0.2) is 6.23 Å². The molecule has 1 fully saturated rings. The summed E-state index contributed by atoms with van der Waals surface area (Å²) in [6.45, 7) is 2.33. The van der Waals surface area contributed by atoms with Crippen molar-refractivity contribution in [2.75, 3.05) is 6.61 Å². The Balaban J connectivity index is 2.39. The van der Waals surface area contributed by atoms with Crippen molar-refractivity contribution in [2.45, 2.75) is 44.8 Å². The van der Waals surface area contributed by atoms with E-state index < -0.39 is 47.6 Å². The van der Waals surface area contributed by atoms with Crippen LogP contribution in [0, 0.1) is 5.82 Å². The van der Waals surface area contributed by atoms with E-state index in [9.17, 15) is 29.0 Å². The van der Waals surface area contributed by atoms with Crippen LogP contribution < -0.4 is 11.2 Å². The minimum Gasteiger partial charge on any atom is -0.463 e. The number of aromatic amines is 1. The number of H-pyrrole nitrogens is 1. The fourth-order valence-electron chi connectivity index (χ4n) is 2.45. The summed E-state index contributed by atoms with van der Waals surface area (Å²) in [4.78, 5) is 35.9. The largest absolute Gasteiger partial charge is 0.463 e. The molecule has 10 heteroatoms. The van der Waals surface area contributed by atoms with Crippen molar-refractivity contribution in [3.05, 3.63) is 32.3 Å². The quantitative estimate of drug-likeness (QED) is 0.567. The molecule has 0 aliphatic carbocycles. The standard InChI is InChI=1S/C13H17FN2O7/c1-3-6-8(14)11(20)15-13(21)16(6)12-10(19)9(18)7(23-12)4-22-5(2)17/h7,9-10,12,18-19H,3-4H2,1-2H3,(H,15,20,21)/t7-,9-,10-,12-/m1/s1. The van der Waals surface area contributed by atoms with Gasteiger partial charge in [-0.2, -0.15) is 4.39 Å². The van der Waals surface area contributed by atoms with Gasteiger partial charge in [-0.05, 0) is 6.42 Å². The lowest BCUT2D eigenvalue weighted by atomic mass is 10.1. The van der Waals surface area contributed by atoms with E-state index in [1.807, 2.05) is 0 Å². The fraction of sp³-hybridized carbons (Fsp3) is 0.615. The van der Waals surface area contributed by atoms with Gasteiger partial charge in [-0.15, -0.1) is 0 Å². The van der Waals surface area contributed by atoms with Crippen LogP contribution in [0.15, 0.2) is 9.59 Å². The summed E-state index contributed by atoms with van der Waals surface area (Å²) in [5, 5.41) is 20.0. The third-order valence-electron chi connectivity index (χ3n) is 3.56. The van der Waals surface area contributed by atoms with Crippen molar-refractivity contribution in [1.29, 1.82) is 0 Å². The Morgan fingerprint density at radius 1 is 1.39 bits per heavy atom. The second-order valence-electron chi connectivity index (χ2n) is 5.09. The van der Waals surface area contributed by atoms with Crippen molar-refractivity contribution < 1.29 is 28.9 Å². The molecule has 0 spiro atoms. The minimum absolute atomic E-state index is 0.0116. The molecule has 0 bridgehead atoms. The molecule has 1 aromatic heterocycles. The maximum Gasteiger partial charge on any atom is 0.330 e. The van der Waals surface area contributed by atoms with E-state index in [4.69, 9.17) is 9.47 Å². The van der Waals surface area contributed by atoms with Gasteiger partial charge in [0.2, 0.25) is 5.82 Å². The number of aromatic nitrogens is 2.